The molecule has 2 atom stereocenters. The summed E-state index contributed by atoms with van der Waals surface area (Å²) in [4.78, 5) is 15.8. The van der Waals surface area contributed by atoms with Gasteiger partial charge < -0.3 is 9.97 Å². The fraction of sp³-hybridized carbons (Fsp3) is 0.250. The minimum atomic E-state index is -0.207. The largest absolute Gasteiger partial charge is 0.339 e. The highest BCUT2D eigenvalue weighted by atomic mass is 19.1. The van der Waals surface area contributed by atoms with E-state index in [2.05, 4.69) is 51.1 Å². The number of aromatic amines is 2. The monoisotopic (exact) mass is 388 g/mol. The molecule has 0 saturated heterocycles. The van der Waals surface area contributed by atoms with Crippen LogP contribution < -0.4 is 0 Å². The Balaban J connectivity index is 1.59. The van der Waals surface area contributed by atoms with Crippen LogP contribution in [0.4, 0.5) is 4.39 Å². The lowest BCUT2D eigenvalue weighted by Crippen LogP contribution is -2.01. The van der Waals surface area contributed by atoms with Gasteiger partial charge in [-0.25, -0.2) is 14.4 Å². The van der Waals surface area contributed by atoms with E-state index in [9.17, 15) is 4.39 Å². The molecule has 0 radical (unpaired) electrons. The van der Waals surface area contributed by atoms with E-state index in [0.717, 1.165) is 24.2 Å². The van der Waals surface area contributed by atoms with Crippen molar-refractivity contribution in [1.82, 2.24) is 19.9 Å². The molecule has 4 aromatic rings. The van der Waals surface area contributed by atoms with Crippen molar-refractivity contribution < 1.29 is 4.39 Å². The van der Waals surface area contributed by atoms with Crippen LogP contribution in [0.2, 0.25) is 0 Å². The van der Waals surface area contributed by atoms with Crippen LogP contribution in [0.1, 0.15) is 61.0 Å². The van der Waals surface area contributed by atoms with E-state index in [1.165, 1.54) is 11.6 Å². The zero-order chi connectivity index (χ0) is 20.2. The van der Waals surface area contributed by atoms with Crippen molar-refractivity contribution in [1.29, 1.82) is 0 Å². The summed E-state index contributed by atoms with van der Waals surface area (Å²) in [5.74, 6) is 1.31. The Morgan fingerprint density at radius 1 is 0.862 bits per heavy atom. The van der Waals surface area contributed by atoms with Crippen molar-refractivity contribution in [2.75, 3.05) is 0 Å². The van der Waals surface area contributed by atoms with Gasteiger partial charge in [0.25, 0.3) is 0 Å². The lowest BCUT2D eigenvalue weighted by molar-refractivity contribution is 0.601. The summed E-state index contributed by atoms with van der Waals surface area (Å²) in [6.45, 7) is 4.16. The molecule has 0 saturated carbocycles. The second-order valence-electron chi connectivity index (χ2n) is 7.37. The van der Waals surface area contributed by atoms with Gasteiger partial charge in [-0.15, -0.1) is 0 Å². The summed E-state index contributed by atoms with van der Waals surface area (Å²) in [7, 11) is 0. The van der Waals surface area contributed by atoms with Crippen molar-refractivity contribution in [2.45, 2.75) is 38.5 Å². The van der Waals surface area contributed by atoms with Crippen LogP contribution in [-0.2, 0) is 0 Å². The lowest BCUT2D eigenvalue weighted by atomic mass is 9.92. The first-order valence-electron chi connectivity index (χ1n) is 10.1. The van der Waals surface area contributed by atoms with E-state index in [1.807, 2.05) is 25.3 Å². The summed E-state index contributed by atoms with van der Waals surface area (Å²) in [5, 5.41) is 0. The van der Waals surface area contributed by atoms with Crippen LogP contribution in [-0.4, -0.2) is 19.9 Å². The minimum Gasteiger partial charge on any atom is -0.339 e. The van der Waals surface area contributed by atoms with E-state index in [-0.39, 0.29) is 17.7 Å². The summed E-state index contributed by atoms with van der Waals surface area (Å²) < 4.78 is 14.1. The van der Waals surface area contributed by atoms with Gasteiger partial charge in [0.15, 0.2) is 11.6 Å². The highest BCUT2D eigenvalue weighted by Gasteiger charge is 2.19. The summed E-state index contributed by atoms with van der Waals surface area (Å²) in [6, 6.07) is 17.3. The molecule has 0 amide bonds. The number of benzene rings is 2. The maximum absolute atomic E-state index is 14.1. The standard InChI is InChI=1S/C24H25FN4/c1-3-9-19(17-10-5-4-6-11-17)22-15-27-24(29-22)23-26-14-21(28-23)16(2)18-12-7-8-13-20(18)25/h4-8,10-16,19H,3,9H2,1-2H3,(H,26,28)(H,27,29). The molecule has 0 spiro atoms. The predicted octanol–water partition coefficient (Wildman–Crippen LogP) is 6.02. The number of H-pyrrole nitrogens is 2. The first-order chi connectivity index (χ1) is 14.2. The molecule has 2 aromatic carbocycles. The molecule has 0 aliphatic carbocycles. The van der Waals surface area contributed by atoms with Crippen molar-refractivity contribution in [3.05, 3.63) is 95.3 Å². The molecule has 0 bridgehead atoms. The van der Waals surface area contributed by atoms with Gasteiger partial charge in [0.1, 0.15) is 5.82 Å². The molecule has 4 nitrogen and oxygen atoms in total. The number of imidazole rings is 2. The zero-order valence-corrected chi connectivity index (χ0v) is 16.7. The molecule has 0 fully saturated rings. The third-order valence-electron chi connectivity index (χ3n) is 5.41. The first kappa shape index (κ1) is 19.1. The number of aromatic nitrogens is 4. The van der Waals surface area contributed by atoms with Crippen molar-refractivity contribution >= 4 is 0 Å². The van der Waals surface area contributed by atoms with E-state index >= 15 is 0 Å². The highest BCUT2D eigenvalue weighted by molar-refractivity contribution is 5.46. The molecule has 148 valence electrons. The van der Waals surface area contributed by atoms with Crippen LogP contribution in [0.15, 0.2) is 67.0 Å². The fourth-order valence-electron chi connectivity index (χ4n) is 3.78. The molecule has 5 heteroatoms. The predicted molar refractivity (Wildman–Crippen MR) is 113 cm³/mol. The molecular formula is C24H25FN4. The van der Waals surface area contributed by atoms with Gasteiger partial charge in [0, 0.05) is 35.6 Å². The smallest absolute Gasteiger partial charge is 0.173 e. The number of nitrogens with zero attached hydrogens (tertiary/aromatic N) is 2. The number of halogens is 1. The highest BCUT2D eigenvalue weighted by Crippen LogP contribution is 2.30. The van der Waals surface area contributed by atoms with Crippen LogP contribution in [0.25, 0.3) is 11.6 Å². The molecule has 29 heavy (non-hydrogen) atoms. The van der Waals surface area contributed by atoms with Crippen LogP contribution in [0.3, 0.4) is 0 Å². The first-order valence-corrected chi connectivity index (χ1v) is 10.1. The topological polar surface area (TPSA) is 57.4 Å². The average Bonchev–Trinajstić information content (AvgIpc) is 3.42. The van der Waals surface area contributed by atoms with E-state index in [0.29, 0.717) is 17.2 Å². The van der Waals surface area contributed by atoms with Crippen molar-refractivity contribution in [2.24, 2.45) is 0 Å². The molecule has 0 aliphatic heterocycles. The van der Waals surface area contributed by atoms with Gasteiger partial charge >= 0.3 is 0 Å². The Labute approximate surface area is 170 Å². The fourth-order valence-corrected chi connectivity index (χ4v) is 3.78. The molecule has 2 N–H and O–H groups in total. The Kier molecular flexibility index (Phi) is 5.56. The SMILES string of the molecule is CCCC(c1ccccc1)c1cnc(-c2ncc(C(C)c3ccccc3F)[nH]2)[nH]1. The molecule has 4 rings (SSSR count). The third kappa shape index (κ3) is 3.99. The minimum absolute atomic E-state index is 0.121. The maximum Gasteiger partial charge on any atom is 0.173 e. The number of hydrogen-bond acceptors (Lipinski definition) is 2. The van der Waals surface area contributed by atoms with Gasteiger partial charge in [0.05, 0.1) is 0 Å². The number of hydrogen-bond donors (Lipinski definition) is 2. The average molecular weight is 388 g/mol. The van der Waals surface area contributed by atoms with E-state index < -0.39 is 0 Å². The number of rotatable bonds is 7. The quantitative estimate of drug-likeness (QED) is 0.406. The summed E-state index contributed by atoms with van der Waals surface area (Å²) in [5.41, 5.74) is 3.86. The Hall–Kier alpha value is -3.21. The molecule has 0 aliphatic rings. The maximum atomic E-state index is 14.1. The second-order valence-corrected chi connectivity index (χ2v) is 7.37. The molecule has 2 unspecified atom stereocenters. The van der Waals surface area contributed by atoms with Crippen LogP contribution >= 0.6 is 0 Å². The second kappa shape index (κ2) is 8.43. The molecule has 2 heterocycles. The number of nitrogens with one attached hydrogen (secondary N) is 2. The van der Waals surface area contributed by atoms with Gasteiger partial charge in [-0.3, -0.25) is 0 Å². The van der Waals surface area contributed by atoms with Crippen LogP contribution in [0, 0.1) is 5.82 Å². The van der Waals surface area contributed by atoms with Crippen LogP contribution in [0.5, 0.6) is 0 Å². The van der Waals surface area contributed by atoms with Gasteiger partial charge in [-0.05, 0) is 23.6 Å². The summed E-state index contributed by atoms with van der Waals surface area (Å²) in [6.07, 6.45) is 5.78. The normalized spacial score (nSPS) is 13.3. The van der Waals surface area contributed by atoms with E-state index in [4.69, 9.17) is 0 Å². The van der Waals surface area contributed by atoms with Gasteiger partial charge in [0.2, 0.25) is 0 Å². The van der Waals surface area contributed by atoms with Gasteiger partial charge in [-0.2, -0.15) is 0 Å². The van der Waals surface area contributed by atoms with Crippen molar-refractivity contribution in [3.63, 3.8) is 0 Å². The van der Waals surface area contributed by atoms with Gasteiger partial charge in [-0.1, -0.05) is 68.8 Å². The zero-order valence-electron chi connectivity index (χ0n) is 16.7. The third-order valence-corrected chi connectivity index (χ3v) is 5.41. The molecule has 2 aromatic heterocycles. The Morgan fingerprint density at radius 2 is 1.48 bits per heavy atom. The Bertz CT molecular complexity index is 1070. The summed E-state index contributed by atoms with van der Waals surface area (Å²) >= 11 is 0. The van der Waals surface area contributed by atoms with E-state index in [1.54, 1.807) is 18.3 Å². The Morgan fingerprint density at radius 3 is 2.17 bits per heavy atom. The lowest BCUT2D eigenvalue weighted by Gasteiger charge is -2.14. The molecular weight excluding hydrogens is 363 g/mol. The van der Waals surface area contributed by atoms with Crippen molar-refractivity contribution in [3.8, 4) is 11.6 Å².